The number of amides is 1. The topological polar surface area (TPSA) is 132 Å². The van der Waals surface area contributed by atoms with E-state index < -0.39 is 17.9 Å². The molecule has 1 amide bonds. The number of carbonyl (C=O) groups excluding carboxylic acids is 2. The smallest absolute Gasteiger partial charge is 0.326 e. The number of hydrogen-bond acceptors (Lipinski definition) is 7. The van der Waals surface area contributed by atoms with Crippen molar-refractivity contribution >= 4 is 44.9 Å². The molecular weight excluding hydrogens is 456 g/mol. The summed E-state index contributed by atoms with van der Waals surface area (Å²) in [5.41, 5.74) is 1.35. The molecule has 0 fully saturated rings. The standard InChI is InChI=1S/C24H28N4O5S/c1-13(2)19(29)8-7-18(24(32)33)27-23(31)20-9-10-21(34-20)28(4)12-15-5-6-17-16(11-15)22(30)26-14(3)25-17/h5-6,9-11,13,18H,7-8,12H2,1-4H3,(H,27,31)(H,32,33)(H,25,26,30)/t18-/m0/s1. The average Bonchev–Trinajstić information content (AvgIpc) is 3.27. The van der Waals surface area contributed by atoms with Gasteiger partial charge in [-0.05, 0) is 43.2 Å². The molecule has 1 atom stereocenters. The summed E-state index contributed by atoms with van der Waals surface area (Å²) in [6.45, 7) is 5.75. The Bertz CT molecular complexity index is 1280. The van der Waals surface area contributed by atoms with E-state index in [4.69, 9.17) is 0 Å². The van der Waals surface area contributed by atoms with E-state index in [0.29, 0.717) is 28.1 Å². The van der Waals surface area contributed by atoms with Gasteiger partial charge in [-0.2, -0.15) is 0 Å². The number of hydrogen-bond donors (Lipinski definition) is 3. The van der Waals surface area contributed by atoms with Gasteiger partial charge in [-0.15, -0.1) is 11.3 Å². The van der Waals surface area contributed by atoms with Gasteiger partial charge in [0.05, 0.1) is 20.8 Å². The van der Waals surface area contributed by atoms with Crippen LogP contribution in [-0.2, 0) is 16.1 Å². The summed E-state index contributed by atoms with van der Waals surface area (Å²) in [5.74, 6) is -1.32. The molecule has 0 spiro atoms. The molecule has 3 aromatic rings. The first-order valence-electron chi connectivity index (χ1n) is 10.9. The van der Waals surface area contributed by atoms with E-state index in [2.05, 4.69) is 15.3 Å². The molecule has 0 saturated carbocycles. The Labute approximate surface area is 200 Å². The Hall–Kier alpha value is -3.53. The second kappa shape index (κ2) is 10.6. The number of rotatable bonds is 10. The Balaban J connectivity index is 1.67. The van der Waals surface area contributed by atoms with E-state index in [1.165, 1.54) is 11.3 Å². The van der Waals surface area contributed by atoms with E-state index in [0.717, 1.165) is 10.6 Å². The van der Waals surface area contributed by atoms with E-state index in [-0.39, 0.29) is 30.1 Å². The highest BCUT2D eigenvalue weighted by Gasteiger charge is 2.23. The number of carboxylic acids is 1. The number of carboxylic acid groups (broad SMARTS) is 1. The zero-order valence-electron chi connectivity index (χ0n) is 19.5. The van der Waals surface area contributed by atoms with Gasteiger partial charge >= 0.3 is 5.97 Å². The van der Waals surface area contributed by atoms with Gasteiger partial charge in [0.2, 0.25) is 0 Å². The molecule has 0 radical (unpaired) electrons. The first-order chi connectivity index (χ1) is 16.0. The molecule has 3 rings (SSSR count). The van der Waals surface area contributed by atoms with Crippen LogP contribution in [0.25, 0.3) is 10.9 Å². The van der Waals surface area contributed by atoms with Gasteiger partial charge in [-0.3, -0.25) is 14.4 Å². The Morgan fingerprint density at radius 2 is 1.94 bits per heavy atom. The first-order valence-corrected chi connectivity index (χ1v) is 11.7. The van der Waals surface area contributed by atoms with Crippen molar-refractivity contribution in [3.63, 3.8) is 0 Å². The van der Waals surface area contributed by atoms with Crippen LogP contribution < -0.4 is 15.8 Å². The molecule has 1 aromatic carbocycles. The van der Waals surface area contributed by atoms with Crippen LogP contribution in [0.2, 0.25) is 0 Å². The summed E-state index contributed by atoms with van der Waals surface area (Å²) < 4.78 is 0. The second-order valence-electron chi connectivity index (χ2n) is 8.52. The Morgan fingerprint density at radius 3 is 2.62 bits per heavy atom. The van der Waals surface area contributed by atoms with Gasteiger partial charge < -0.3 is 20.3 Å². The Kier molecular flexibility index (Phi) is 7.83. The maximum atomic E-state index is 12.6. The van der Waals surface area contributed by atoms with Crippen molar-refractivity contribution in [2.45, 2.75) is 46.2 Å². The molecule has 34 heavy (non-hydrogen) atoms. The van der Waals surface area contributed by atoms with Crippen LogP contribution >= 0.6 is 11.3 Å². The number of anilines is 1. The van der Waals surface area contributed by atoms with Crippen molar-refractivity contribution in [3.8, 4) is 0 Å². The van der Waals surface area contributed by atoms with Gasteiger partial charge in [0.25, 0.3) is 11.5 Å². The number of thiophene rings is 1. The lowest BCUT2D eigenvalue weighted by Crippen LogP contribution is -2.41. The number of nitrogens with zero attached hydrogens (tertiary/aromatic N) is 2. The van der Waals surface area contributed by atoms with Crippen LogP contribution in [0.3, 0.4) is 0 Å². The van der Waals surface area contributed by atoms with Gasteiger partial charge in [-0.1, -0.05) is 19.9 Å². The molecule has 0 aliphatic carbocycles. The largest absolute Gasteiger partial charge is 0.480 e. The fraction of sp³-hybridized carbons (Fsp3) is 0.375. The maximum absolute atomic E-state index is 12.6. The molecule has 0 saturated heterocycles. The molecule has 0 unspecified atom stereocenters. The van der Waals surface area contributed by atoms with E-state index >= 15 is 0 Å². The molecule has 2 heterocycles. The molecule has 0 bridgehead atoms. The normalized spacial score (nSPS) is 12.0. The van der Waals surface area contributed by atoms with Crippen molar-refractivity contribution < 1.29 is 19.5 Å². The van der Waals surface area contributed by atoms with E-state index in [1.807, 2.05) is 24.1 Å². The summed E-state index contributed by atoms with van der Waals surface area (Å²) in [5, 5.41) is 13.3. The SMILES string of the molecule is Cc1nc2ccc(CN(C)c3ccc(C(=O)N[C@@H](CCC(=O)C(C)C)C(=O)O)s3)cc2c(=O)[nH]1. The van der Waals surface area contributed by atoms with Gasteiger partial charge in [-0.25, -0.2) is 9.78 Å². The number of aliphatic carboxylic acids is 1. The van der Waals surface area contributed by atoms with Crippen LogP contribution in [0.15, 0.2) is 35.1 Å². The molecule has 10 heteroatoms. The highest BCUT2D eigenvalue weighted by molar-refractivity contribution is 7.18. The highest BCUT2D eigenvalue weighted by atomic mass is 32.1. The molecule has 3 N–H and O–H groups in total. The number of aromatic amines is 1. The highest BCUT2D eigenvalue weighted by Crippen LogP contribution is 2.27. The number of benzene rings is 1. The van der Waals surface area contributed by atoms with E-state index in [1.54, 1.807) is 39.0 Å². The molecule has 2 aromatic heterocycles. The van der Waals surface area contributed by atoms with Crippen LogP contribution in [0.5, 0.6) is 0 Å². The van der Waals surface area contributed by atoms with Gasteiger partial charge in [0, 0.05) is 25.9 Å². The number of H-pyrrole nitrogens is 1. The summed E-state index contributed by atoms with van der Waals surface area (Å²) >= 11 is 1.23. The van der Waals surface area contributed by atoms with Crippen molar-refractivity contribution in [1.29, 1.82) is 0 Å². The molecule has 0 aliphatic heterocycles. The fourth-order valence-corrected chi connectivity index (χ4v) is 4.34. The van der Waals surface area contributed by atoms with E-state index in [9.17, 15) is 24.3 Å². The average molecular weight is 485 g/mol. The summed E-state index contributed by atoms with van der Waals surface area (Å²) in [7, 11) is 1.87. The van der Waals surface area contributed by atoms with Crippen molar-refractivity contribution in [2.24, 2.45) is 5.92 Å². The first kappa shape index (κ1) is 25.1. The molecule has 0 aliphatic rings. The van der Waals surface area contributed by atoms with Gasteiger partial charge in [0.1, 0.15) is 17.6 Å². The number of aromatic nitrogens is 2. The number of ketones is 1. The third-order valence-corrected chi connectivity index (χ3v) is 6.62. The Morgan fingerprint density at radius 1 is 1.21 bits per heavy atom. The minimum atomic E-state index is -1.17. The number of nitrogens with one attached hydrogen (secondary N) is 2. The van der Waals surface area contributed by atoms with Crippen LogP contribution in [0.4, 0.5) is 5.00 Å². The van der Waals surface area contributed by atoms with Crippen LogP contribution in [-0.4, -0.2) is 45.8 Å². The maximum Gasteiger partial charge on any atom is 0.326 e. The van der Waals surface area contributed by atoms with Crippen LogP contribution in [0.1, 0.15) is 47.7 Å². The number of carbonyl (C=O) groups is 3. The molecule has 180 valence electrons. The summed E-state index contributed by atoms with van der Waals surface area (Å²) in [6.07, 6.45) is 0.142. The fourth-order valence-electron chi connectivity index (χ4n) is 3.47. The minimum Gasteiger partial charge on any atom is -0.480 e. The third kappa shape index (κ3) is 6.07. The predicted octanol–water partition coefficient (Wildman–Crippen LogP) is 3.12. The monoisotopic (exact) mass is 484 g/mol. The number of aryl methyl sites for hydroxylation is 1. The zero-order valence-corrected chi connectivity index (χ0v) is 20.4. The van der Waals surface area contributed by atoms with Crippen molar-refractivity contribution in [1.82, 2.24) is 15.3 Å². The zero-order chi connectivity index (χ0) is 25.0. The minimum absolute atomic E-state index is 0.0397. The third-order valence-electron chi connectivity index (χ3n) is 5.43. The summed E-state index contributed by atoms with van der Waals surface area (Å²) in [6, 6.07) is 7.81. The predicted molar refractivity (Wildman–Crippen MR) is 131 cm³/mol. The lowest BCUT2D eigenvalue weighted by atomic mass is 10.0. The van der Waals surface area contributed by atoms with Gasteiger partial charge in [0.15, 0.2) is 0 Å². The second-order valence-corrected chi connectivity index (χ2v) is 9.58. The molecular formula is C24H28N4O5S. The lowest BCUT2D eigenvalue weighted by Gasteiger charge is -2.17. The quantitative estimate of drug-likeness (QED) is 0.403. The van der Waals surface area contributed by atoms with Crippen molar-refractivity contribution in [2.75, 3.05) is 11.9 Å². The molecule has 9 nitrogen and oxygen atoms in total. The lowest BCUT2D eigenvalue weighted by molar-refractivity contribution is -0.139. The summed E-state index contributed by atoms with van der Waals surface area (Å²) in [4.78, 5) is 57.6. The number of fused-ring (bicyclic) bond motifs is 1. The number of Topliss-reactive ketones (excluding diaryl/α,β-unsaturated/α-hetero) is 1. The van der Waals surface area contributed by atoms with Crippen LogP contribution in [0, 0.1) is 12.8 Å². The van der Waals surface area contributed by atoms with Crippen molar-refractivity contribution in [3.05, 3.63) is 57.0 Å².